The minimum atomic E-state index is -0.937. The van der Waals surface area contributed by atoms with E-state index in [1.165, 1.54) is 0 Å². The van der Waals surface area contributed by atoms with Gasteiger partial charge in [-0.25, -0.2) is 4.98 Å². The SMILES string of the molecule is CC(C)Nc1nccc(NCC(O)C(O)CN)n1. The van der Waals surface area contributed by atoms with Crippen LogP contribution in [0.25, 0.3) is 0 Å². The van der Waals surface area contributed by atoms with Crippen molar-refractivity contribution in [1.29, 1.82) is 0 Å². The maximum atomic E-state index is 9.54. The quantitative estimate of drug-likeness (QED) is 0.441. The van der Waals surface area contributed by atoms with Crippen molar-refractivity contribution in [2.24, 2.45) is 5.73 Å². The van der Waals surface area contributed by atoms with E-state index in [0.29, 0.717) is 11.8 Å². The van der Waals surface area contributed by atoms with Crippen LogP contribution in [-0.2, 0) is 0 Å². The zero-order chi connectivity index (χ0) is 13.5. The second kappa shape index (κ2) is 7.10. The molecule has 0 aromatic carbocycles. The van der Waals surface area contributed by atoms with Gasteiger partial charge in [0, 0.05) is 25.3 Å². The molecule has 0 spiro atoms. The van der Waals surface area contributed by atoms with Gasteiger partial charge in [0.1, 0.15) is 5.82 Å². The van der Waals surface area contributed by atoms with E-state index in [-0.39, 0.29) is 19.1 Å². The molecule has 0 fully saturated rings. The molecule has 0 bridgehead atoms. The lowest BCUT2D eigenvalue weighted by Gasteiger charge is -2.17. The van der Waals surface area contributed by atoms with Crippen LogP contribution in [-0.4, -0.2) is 51.5 Å². The van der Waals surface area contributed by atoms with Gasteiger partial charge in [0.25, 0.3) is 0 Å². The van der Waals surface area contributed by atoms with Gasteiger partial charge in [-0.2, -0.15) is 4.98 Å². The number of nitrogens with two attached hydrogens (primary N) is 1. The van der Waals surface area contributed by atoms with Gasteiger partial charge in [-0.1, -0.05) is 0 Å². The van der Waals surface area contributed by atoms with Crippen molar-refractivity contribution in [3.63, 3.8) is 0 Å². The summed E-state index contributed by atoms with van der Waals surface area (Å²) in [4.78, 5) is 8.28. The fraction of sp³-hybridized carbons (Fsp3) is 0.636. The molecule has 1 heterocycles. The lowest BCUT2D eigenvalue weighted by atomic mass is 10.2. The number of hydrogen-bond donors (Lipinski definition) is 5. The number of nitrogens with zero attached hydrogens (tertiary/aromatic N) is 2. The van der Waals surface area contributed by atoms with Crippen molar-refractivity contribution in [2.45, 2.75) is 32.1 Å². The summed E-state index contributed by atoms with van der Waals surface area (Å²) >= 11 is 0. The van der Waals surface area contributed by atoms with Crippen LogP contribution < -0.4 is 16.4 Å². The first-order valence-corrected chi connectivity index (χ1v) is 5.92. The summed E-state index contributed by atoms with van der Waals surface area (Å²) in [7, 11) is 0. The average Bonchev–Trinajstić information content (AvgIpc) is 2.34. The van der Waals surface area contributed by atoms with Crippen molar-refractivity contribution in [2.75, 3.05) is 23.7 Å². The van der Waals surface area contributed by atoms with E-state index in [9.17, 15) is 10.2 Å². The van der Waals surface area contributed by atoms with E-state index >= 15 is 0 Å². The number of aliphatic hydroxyl groups is 2. The van der Waals surface area contributed by atoms with Crippen molar-refractivity contribution >= 4 is 11.8 Å². The van der Waals surface area contributed by atoms with E-state index in [4.69, 9.17) is 5.73 Å². The zero-order valence-electron chi connectivity index (χ0n) is 10.7. The molecule has 1 rings (SSSR count). The van der Waals surface area contributed by atoms with Crippen LogP contribution >= 0.6 is 0 Å². The molecule has 0 amide bonds. The highest BCUT2D eigenvalue weighted by Gasteiger charge is 2.14. The number of rotatable bonds is 7. The molecule has 0 saturated carbocycles. The summed E-state index contributed by atoms with van der Waals surface area (Å²) in [6.07, 6.45) is -0.245. The van der Waals surface area contributed by atoms with Gasteiger partial charge in [-0.3, -0.25) is 0 Å². The van der Waals surface area contributed by atoms with Crippen LogP contribution in [0.5, 0.6) is 0 Å². The molecule has 1 aromatic heterocycles. The Kier molecular flexibility index (Phi) is 5.76. The van der Waals surface area contributed by atoms with Gasteiger partial charge >= 0.3 is 0 Å². The van der Waals surface area contributed by atoms with Crippen LogP contribution in [0.1, 0.15) is 13.8 Å². The molecule has 2 atom stereocenters. The molecular weight excluding hydrogens is 234 g/mol. The molecule has 18 heavy (non-hydrogen) atoms. The Balaban J connectivity index is 2.52. The van der Waals surface area contributed by atoms with E-state index in [2.05, 4.69) is 20.6 Å². The molecule has 0 radical (unpaired) electrons. The summed E-state index contributed by atoms with van der Waals surface area (Å²) in [5.74, 6) is 1.10. The average molecular weight is 255 g/mol. The predicted octanol–water partition coefficient (Wildman–Crippen LogP) is -0.611. The maximum Gasteiger partial charge on any atom is 0.224 e. The summed E-state index contributed by atoms with van der Waals surface area (Å²) < 4.78 is 0. The summed E-state index contributed by atoms with van der Waals surface area (Å²) in [6.45, 7) is 4.18. The lowest BCUT2D eigenvalue weighted by Crippen LogP contribution is -2.38. The number of nitrogens with one attached hydrogen (secondary N) is 2. The fourth-order valence-electron chi connectivity index (χ4n) is 1.29. The topological polar surface area (TPSA) is 116 Å². The van der Waals surface area contributed by atoms with E-state index in [1.54, 1.807) is 12.3 Å². The van der Waals surface area contributed by atoms with Crippen molar-refractivity contribution < 1.29 is 10.2 Å². The maximum absolute atomic E-state index is 9.54. The Hall–Kier alpha value is -1.44. The van der Waals surface area contributed by atoms with Crippen LogP contribution in [0.3, 0.4) is 0 Å². The first-order chi connectivity index (χ1) is 8.52. The smallest absolute Gasteiger partial charge is 0.224 e. The highest BCUT2D eigenvalue weighted by atomic mass is 16.3. The van der Waals surface area contributed by atoms with Crippen molar-refractivity contribution in [3.8, 4) is 0 Å². The third kappa shape index (κ3) is 4.82. The molecule has 6 N–H and O–H groups in total. The molecule has 0 saturated heterocycles. The van der Waals surface area contributed by atoms with Gasteiger partial charge in [0.05, 0.1) is 12.2 Å². The number of hydrogen-bond acceptors (Lipinski definition) is 7. The van der Waals surface area contributed by atoms with Crippen LogP contribution in [0.4, 0.5) is 11.8 Å². The van der Waals surface area contributed by atoms with Gasteiger partial charge in [0.15, 0.2) is 0 Å². The Morgan fingerprint density at radius 1 is 1.33 bits per heavy atom. The molecule has 1 aromatic rings. The van der Waals surface area contributed by atoms with E-state index in [0.717, 1.165) is 0 Å². The van der Waals surface area contributed by atoms with Crippen molar-refractivity contribution in [1.82, 2.24) is 9.97 Å². The number of aliphatic hydroxyl groups excluding tert-OH is 2. The largest absolute Gasteiger partial charge is 0.389 e. The summed E-state index contributed by atoms with van der Waals surface area (Å²) in [5, 5.41) is 24.8. The highest BCUT2D eigenvalue weighted by Crippen LogP contribution is 2.07. The fourth-order valence-corrected chi connectivity index (χ4v) is 1.29. The Bertz CT molecular complexity index is 361. The normalized spacial score (nSPS) is 14.3. The van der Waals surface area contributed by atoms with Crippen LogP contribution in [0.15, 0.2) is 12.3 Å². The van der Waals surface area contributed by atoms with Gasteiger partial charge < -0.3 is 26.6 Å². The molecule has 0 aliphatic carbocycles. The molecule has 7 heteroatoms. The third-order valence-corrected chi connectivity index (χ3v) is 2.25. The molecule has 2 unspecified atom stereocenters. The molecule has 0 aliphatic heterocycles. The highest BCUT2D eigenvalue weighted by molar-refractivity contribution is 5.39. The summed E-state index contributed by atoms with van der Waals surface area (Å²) in [6, 6.07) is 1.93. The first kappa shape index (κ1) is 14.6. The standard InChI is InChI=1S/C11H21N5O2/c1-7(2)15-11-13-4-3-10(16-11)14-6-9(18)8(17)5-12/h3-4,7-9,17-18H,5-6,12H2,1-2H3,(H2,13,14,15,16). The molecule has 7 nitrogen and oxygen atoms in total. The van der Waals surface area contributed by atoms with Crippen LogP contribution in [0.2, 0.25) is 0 Å². The number of aromatic nitrogens is 2. The van der Waals surface area contributed by atoms with Crippen molar-refractivity contribution in [3.05, 3.63) is 12.3 Å². The Morgan fingerprint density at radius 3 is 2.67 bits per heavy atom. The second-order valence-electron chi connectivity index (χ2n) is 4.32. The van der Waals surface area contributed by atoms with Gasteiger partial charge in [0.2, 0.25) is 5.95 Å². The van der Waals surface area contributed by atoms with Crippen LogP contribution in [0, 0.1) is 0 Å². The minimum absolute atomic E-state index is 0.0206. The number of anilines is 2. The minimum Gasteiger partial charge on any atom is -0.389 e. The zero-order valence-corrected chi connectivity index (χ0v) is 10.7. The second-order valence-corrected chi connectivity index (χ2v) is 4.32. The molecule has 102 valence electrons. The monoisotopic (exact) mass is 255 g/mol. The summed E-state index contributed by atoms with van der Waals surface area (Å²) in [5.41, 5.74) is 5.25. The third-order valence-electron chi connectivity index (χ3n) is 2.25. The predicted molar refractivity (Wildman–Crippen MR) is 70.3 cm³/mol. The van der Waals surface area contributed by atoms with Gasteiger partial charge in [-0.15, -0.1) is 0 Å². The molecular formula is C11H21N5O2. The van der Waals surface area contributed by atoms with E-state index in [1.807, 2.05) is 13.8 Å². The lowest BCUT2D eigenvalue weighted by molar-refractivity contribution is 0.0337. The van der Waals surface area contributed by atoms with Gasteiger partial charge in [-0.05, 0) is 19.9 Å². The molecule has 0 aliphatic rings. The first-order valence-electron chi connectivity index (χ1n) is 5.92. The Labute approximate surface area is 106 Å². The Morgan fingerprint density at radius 2 is 2.06 bits per heavy atom. The van der Waals surface area contributed by atoms with E-state index < -0.39 is 12.2 Å².